The van der Waals surface area contributed by atoms with E-state index in [9.17, 15) is 9.59 Å². The van der Waals surface area contributed by atoms with E-state index < -0.39 is 6.04 Å². The van der Waals surface area contributed by atoms with Gasteiger partial charge in [-0.15, -0.1) is 0 Å². The summed E-state index contributed by atoms with van der Waals surface area (Å²) in [5.41, 5.74) is 4.52. The lowest BCUT2D eigenvalue weighted by molar-refractivity contribution is -0.121. The Kier molecular flexibility index (Phi) is 5.50. The van der Waals surface area contributed by atoms with Crippen LogP contribution in [0.25, 0.3) is 11.1 Å². The van der Waals surface area contributed by atoms with Gasteiger partial charge in [0.1, 0.15) is 0 Å². The maximum absolute atomic E-state index is 12.4. The van der Waals surface area contributed by atoms with Crippen molar-refractivity contribution in [3.63, 3.8) is 0 Å². The highest BCUT2D eigenvalue weighted by Gasteiger charge is 2.28. The Morgan fingerprint density at radius 2 is 1.97 bits per heavy atom. The van der Waals surface area contributed by atoms with Crippen molar-refractivity contribution in [2.45, 2.75) is 19.4 Å². The van der Waals surface area contributed by atoms with Crippen molar-refractivity contribution in [1.29, 1.82) is 0 Å². The van der Waals surface area contributed by atoms with E-state index in [1.54, 1.807) is 37.6 Å². The van der Waals surface area contributed by atoms with Gasteiger partial charge in [0.15, 0.2) is 0 Å². The Morgan fingerprint density at radius 3 is 2.70 bits per heavy atom. The molecule has 1 aromatic carbocycles. The molecule has 3 heterocycles. The fourth-order valence-corrected chi connectivity index (χ4v) is 3.79. The lowest BCUT2D eigenvalue weighted by Crippen LogP contribution is -2.25. The fraction of sp³-hybridized carbons (Fsp3) is 0.217. The molecule has 0 aliphatic carbocycles. The van der Waals surface area contributed by atoms with E-state index in [1.807, 2.05) is 31.2 Å². The van der Waals surface area contributed by atoms with Crippen LogP contribution in [0.15, 0.2) is 64.6 Å². The van der Waals surface area contributed by atoms with Crippen LogP contribution in [0.3, 0.4) is 0 Å². The van der Waals surface area contributed by atoms with E-state index in [2.05, 4.69) is 10.3 Å². The molecule has 0 saturated carbocycles. The van der Waals surface area contributed by atoms with Crippen molar-refractivity contribution in [2.24, 2.45) is 12.0 Å². The highest BCUT2D eigenvalue weighted by Crippen LogP contribution is 2.37. The first-order valence-electron chi connectivity index (χ1n) is 9.74. The predicted molar refractivity (Wildman–Crippen MR) is 118 cm³/mol. The van der Waals surface area contributed by atoms with Crippen LogP contribution in [0, 0.1) is 0 Å². The lowest BCUT2D eigenvalue weighted by atomic mass is 9.94. The van der Waals surface area contributed by atoms with Crippen molar-refractivity contribution in [3.8, 4) is 11.1 Å². The van der Waals surface area contributed by atoms with Crippen LogP contribution in [0.4, 0.5) is 0 Å². The number of nitrogens with one attached hydrogen (secondary N) is 1. The number of halogens is 1. The molecular formula is C23H21ClN4O2. The van der Waals surface area contributed by atoms with Crippen molar-refractivity contribution < 1.29 is 4.79 Å². The van der Waals surface area contributed by atoms with Gasteiger partial charge in [-0.05, 0) is 30.7 Å². The molecule has 7 heteroatoms. The number of aryl methyl sites for hydroxylation is 1. The Hall–Kier alpha value is -3.25. The summed E-state index contributed by atoms with van der Waals surface area (Å²) in [5.74, 6) is -0.118. The van der Waals surface area contributed by atoms with Crippen LogP contribution < -0.4 is 10.9 Å². The zero-order valence-corrected chi connectivity index (χ0v) is 17.5. The maximum atomic E-state index is 12.4. The molecule has 0 saturated heterocycles. The molecular weight excluding hydrogens is 400 g/mol. The molecule has 2 aromatic heterocycles. The summed E-state index contributed by atoms with van der Waals surface area (Å²) in [7, 11) is 1.71. The number of aromatic nitrogens is 2. The third-order valence-electron chi connectivity index (χ3n) is 5.10. The van der Waals surface area contributed by atoms with Crippen molar-refractivity contribution in [2.75, 3.05) is 6.54 Å². The summed E-state index contributed by atoms with van der Waals surface area (Å²) in [6.07, 6.45) is 3.65. The predicted octanol–water partition coefficient (Wildman–Crippen LogP) is 3.52. The minimum atomic E-state index is -0.514. The summed E-state index contributed by atoms with van der Waals surface area (Å²) in [6.45, 7) is 2.40. The van der Waals surface area contributed by atoms with Crippen molar-refractivity contribution in [3.05, 3.63) is 87.1 Å². The first-order chi connectivity index (χ1) is 14.5. The van der Waals surface area contributed by atoms with Crippen LogP contribution in [-0.4, -0.2) is 27.7 Å². The van der Waals surface area contributed by atoms with Gasteiger partial charge in [0.05, 0.1) is 23.9 Å². The number of nitrogens with zero attached hydrogens (tertiary/aromatic N) is 3. The fourth-order valence-electron chi connectivity index (χ4n) is 3.66. The SMILES string of the molecule is CCNC(=O)C[C@@H]1N=C(c2ccc(Cl)cc2)c2ncccc2-c2cn(C)c(=O)cc21. The third kappa shape index (κ3) is 3.78. The number of amides is 1. The summed E-state index contributed by atoms with van der Waals surface area (Å²) < 4.78 is 1.53. The average Bonchev–Trinajstić information content (AvgIpc) is 2.85. The van der Waals surface area contributed by atoms with Gasteiger partial charge < -0.3 is 9.88 Å². The van der Waals surface area contributed by atoms with Crippen LogP contribution in [0.2, 0.25) is 5.02 Å². The highest BCUT2D eigenvalue weighted by molar-refractivity contribution is 6.30. The Morgan fingerprint density at radius 1 is 1.20 bits per heavy atom. The van der Waals surface area contributed by atoms with Crippen LogP contribution in [0.1, 0.15) is 36.2 Å². The molecule has 0 unspecified atom stereocenters. The molecule has 1 amide bonds. The summed E-state index contributed by atoms with van der Waals surface area (Å²) in [5, 5.41) is 3.45. The van der Waals surface area contributed by atoms with Gasteiger partial charge in [0.25, 0.3) is 5.56 Å². The van der Waals surface area contributed by atoms with Crippen LogP contribution in [0.5, 0.6) is 0 Å². The van der Waals surface area contributed by atoms with Gasteiger partial charge >= 0.3 is 0 Å². The Bertz CT molecular complexity index is 1200. The number of carbonyl (C=O) groups excluding carboxylic acids is 1. The van der Waals surface area contributed by atoms with Gasteiger partial charge in [-0.1, -0.05) is 29.8 Å². The number of pyridine rings is 2. The molecule has 1 atom stereocenters. The normalized spacial score (nSPS) is 14.9. The summed E-state index contributed by atoms with van der Waals surface area (Å²) in [6, 6.07) is 12.3. The van der Waals surface area contributed by atoms with E-state index >= 15 is 0 Å². The molecule has 1 aliphatic heterocycles. The van der Waals surface area contributed by atoms with Gasteiger partial charge in [-0.25, -0.2) is 0 Å². The standard InChI is InChI=1S/C23H21ClN4O2/c1-3-25-20(29)12-19-17-11-21(30)28(2)13-18(17)16-5-4-10-26-23(16)22(27-19)14-6-8-15(24)9-7-14/h4-11,13,19H,3,12H2,1-2H3,(H,25,29)/t19-/m0/s1. The molecule has 0 fully saturated rings. The third-order valence-corrected chi connectivity index (χ3v) is 5.35. The molecule has 3 aromatic rings. The molecule has 0 bridgehead atoms. The largest absolute Gasteiger partial charge is 0.356 e. The zero-order chi connectivity index (χ0) is 21.3. The molecule has 1 aliphatic rings. The number of carbonyl (C=O) groups is 1. The smallest absolute Gasteiger partial charge is 0.250 e. The van der Waals surface area contributed by atoms with E-state index in [-0.39, 0.29) is 17.9 Å². The van der Waals surface area contributed by atoms with E-state index in [0.29, 0.717) is 23.0 Å². The van der Waals surface area contributed by atoms with Gasteiger partial charge in [0.2, 0.25) is 5.91 Å². The van der Waals surface area contributed by atoms with E-state index in [4.69, 9.17) is 16.6 Å². The number of rotatable bonds is 4. The van der Waals surface area contributed by atoms with Crippen molar-refractivity contribution in [1.82, 2.24) is 14.9 Å². The van der Waals surface area contributed by atoms with E-state index in [0.717, 1.165) is 22.3 Å². The summed E-state index contributed by atoms with van der Waals surface area (Å²) >= 11 is 6.08. The summed E-state index contributed by atoms with van der Waals surface area (Å²) in [4.78, 5) is 34.5. The number of aliphatic imine (C=N–C) groups is 1. The van der Waals surface area contributed by atoms with E-state index in [1.165, 1.54) is 4.57 Å². The molecule has 30 heavy (non-hydrogen) atoms. The maximum Gasteiger partial charge on any atom is 0.250 e. The monoisotopic (exact) mass is 420 g/mol. The first kappa shape index (κ1) is 20.0. The molecule has 0 radical (unpaired) electrons. The van der Waals surface area contributed by atoms with Gasteiger partial charge in [-0.2, -0.15) is 0 Å². The first-order valence-corrected chi connectivity index (χ1v) is 10.1. The number of hydrogen-bond donors (Lipinski definition) is 1. The highest BCUT2D eigenvalue weighted by atomic mass is 35.5. The molecule has 6 nitrogen and oxygen atoms in total. The minimum absolute atomic E-state index is 0.118. The molecule has 1 N–H and O–H groups in total. The number of hydrogen-bond acceptors (Lipinski definition) is 4. The molecule has 0 spiro atoms. The molecule has 152 valence electrons. The topological polar surface area (TPSA) is 76.3 Å². The van der Waals surface area contributed by atoms with Gasteiger partial charge in [0, 0.05) is 53.8 Å². The van der Waals surface area contributed by atoms with Crippen LogP contribution >= 0.6 is 11.6 Å². The Balaban J connectivity index is 1.98. The second-order valence-corrected chi connectivity index (χ2v) is 7.59. The number of fused-ring (bicyclic) bond motifs is 3. The minimum Gasteiger partial charge on any atom is -0.356 e. The van der Waals surface area contributed by atoms with Crippen molar-refractivity contribution >= 4 is 23.2 Å². The number of benzene rings is 1. The molecule has 4 rings (SSSR count). The lowest BCUT2D eigenvalue weighted by Gasteiger charge is -2.16. The second-order valence-electron chi connectivity index (χ2n) is 7.15. The second kappa shape index (κ2) is 8.24. The average molecular weight is 421 g/mol. The van der Waals surface area contributed by atoms with Gasteiger partial charge in [-0.3, -0.25) is 19.6 Å². The quantitative estimate of drug-likeness (QED) is 0.701. The van der Waals surface area contributed by atoms with Crippen LogP contribution in [-0.2, 0) is 11.8 Å². The Labute approximate surface area is 179 Å². The zero-order valence-electron chi connectivity index (χ0n) is 16.7.